The second-order valence-electron chi connectivity index (χ2n) is 2.97. The van der Waals surface area contributed by atoms with Crippen LogP contribution < -0.4 is 0 Å². The molecule has 0 spiro atoms. The Labute approximate surface area is 84.2 Å². The molecule has 0 radical (unpaired) electrons. The second-order valence-corrected chi connectivity index (χ2v) is 2.97. The van der Waals surface area contributed by atoms with Gasteiger partial charge in [0.1, 0.15) is 6.10 Å². The molecule has 0 saturated carbocycles. The molecule has 0 saturated heterocycles. The van der Waals surface area contributed by atoms with E-state index in [4.69, 9.17) is 4.74 Å². The van der Waals surface area contributed by atoms with Gasteiger partial charge in [0.15, 0.2) is 0 Å². The highest BCUT2D eigenvalue weighted by Crippen LogP contribution is 2.18. The van der Waals surface area contributed by atoms with Gasteiger partial charge in [0.2, 0.25) is 0 Å². The van der Waals surface area contributed by atoms with Gasteiger partial charge in [-0.25, -0.2) is 0 Å². The number of ether oxygens (including phenoxy) is 1. The molecule has 1 atom stereocenters. The van der Waals surface area contributed by atoms with Gasteiger partial charge >= 0.3 is 5.97 Å². The largest absolute Gasteiger partial charge is 0.453 e. The summed E-state index contributed by atoms with van der Waals surface area (Å²) in [6.07, 6.45) is 3.47. The Morgan fingerprint density at radius 3 is 2.50 bits per heavy atom. The standard InChI is InChI=1S/C12H14O2/c1-3-7-12(14-10(2)13)11-8-5-4-6-9-11/h3-9,12H,1-2H3/b7-3+/t12-/m1/s1. The summed E-state index contributed by atoms with van der Waals surface area (Å²) in [4.78, 5) is 10.8. The quantitative estimate of drug-likeness (QED) is 0.541. The molecule has 0 amide bonds. The zero-order chi connectivity index (χ0) is 10.4. The molecule has 2 nitrogen and oxygen atoms in total. The van der Waals surface area contributed by atoms with E-state index >= 15 is 0 Å². The summed E-state index contributed by atoms with van der Waals surface area (Å²) in [6.45, 7) is 3.32. The van der Waals surface area contributed by atoms with Crippen LogP contribution in [0.2, 0.25) is 0 Å². The van der Waals surface area contributed by atoms with E-state index in [0.717, 1.165) is 5.56 Å². The molecule has 0 aliphatic heterocycles. The van der Waals surface area contributed by atoms with Crippen LogP contribution >= 0.6 is 0 Å². The molecule has 0 aromatic heterocycles. The van der Waals surface area contributed by atoms with Crippen LogP contribution in [0, 0.1) is 0 Å². The van der Waals surface area contributed by atoms with Gasteiger partial charge in [-0.15, -0.1) is 0 Å². The Morgan fingerprint density at radius 1 is 1.36 bits per heavy atom. The molecule has 0 heterocycles. The number of carbonyl (C=O) groups is 1. The summed E-state index contributed by atoms with van der Waals surface area (Å²) >= 11 is 0. The molecule has 1 rings (SSSR count). The van der Waals surface area contributed by atoms with Gasteiger partial charge in [0.25, 0.3) is 0 Å². The summed E-state index contributed by atoms with van der Waals surface area (Å²) in [7, 11) is 0. The molecular weight excluding hydrogens is 176 g/mol. The maximum atomic E-state index is 10.8. The summed E-state index contributed by atoms with van der Waals surface area (Å²) in [5.74, 6) is -0.267. The number of hydrogen-bond acceptors (Lipinski definition) is 2. The average Bonchev–Trinajstić information content (AvgIpc) is 2.18. The van der Waals surface area contributed by atoms with Gasteiger partial charge in [-0.1, -0.05) is 36.4 Å². The van der Waals surface area contributed by atoms with Crippen LogP contribution in [0.15, 0.2) is 42.5 Å². The van der Waals surface area contributed by atoms with E-state index in [1.807, 2.05) is 49.4 Å². The van der Waals surface area contributed by atoms with Crippen molar-refractivity contribution in [2.24, 2.45) is 0 Å². The van der Waals surface area contributed by atoms with Gasteiger partial charge in [-0.05, 0) is 18.6 Å². The number of allylic oxidation sites excluding steroid dienone is 1. The predicted molar refractivity (Wildman–Crippen MR) is 55.8 cm³/mol. The van der Waals surface area contributed by atoms with Gasteiger partial charge in [-0.3, -0.25) is 4.79 Å². The van der Waals surface area contributed by atoms with Crippen molar-refractivity contribution in [1.29, 1.82) is 0 Å². The van der Waals surface area contributed by atoms with Crippen LogP contribution in [-0.2, 0) is 9.53 Å². The van der Waals surface area contributed by atoms with Crippen LogP contribution in [0.5, 0.6) is 0 Å². The smallest absolute Gasteiger partial charge is 0.303 e. The Kier molecular flexibility index (Phi) is 3.92. The highest BCUT2D eigenvalue weighted by atomic mass is 16.5. The van der Waals surface area contributed by atoms with E-state index in [1.165, 1.54) is 6.92 Å². The van der Waals surface area contributed by atoms with E-state index in [-0.39, 0.29) is 12.1 Å². The van der Waals surface area contributed by atoms with E-state index in [1.54, 1.807) is 0 Å². The highest BCUT2D eigenvalue weighted by molar-refractivity contribution is 5.66. The summed E-state index contributed by atoms with van der Waals surface area (Å²) in [6, 6.07) is 9.66. The first-order chi connectivity index (χ1) is 6.74. The van der Waals surface area contributed by atoms with Gasteiger partial charge < -0.3 is 4.74 Å². The lowest BCUT2D eigenvalue weighted by Gasteiger charge is -2.12. The van der Waals surface area contributed by atoms with Crippen molar-refractivity contribution in [1.82, 2.24) is 0 Å². The van der Waals surface area contributed by atoms with Crippen LogP contribution in [-0.4, -0.2) is 5.97 Å². The first-order valence-electron chi connectivity index (χ1n) is 4.59. The molecule has 14 heavy (non-hydrogen) atoms. The topological polar surface area (TPSA) is 26.3 Å². The average molecular weight is 190 g/mol. The first kappa shape index (κ1) is 10.5. The third kappa shape index (κ3) is 3.05. The Bertz CT molecular complexity index is 314. The van der Waals surface area contributed by atoms with Crippen molar-refractivity contribution in [3.63, 3.8) is 0 Å². The maximum Gasteiger partial charge on any atom is 0.303 e. The van der Waals surface area contributed by atoms with Crippen molar-refractivity contribution in [3.8, 4) is 0 Å². The lowest BCUT2D eigenvalue weighted by Crippen LogP contribution is -2.05. The molecule has 74 valence electrons. The summed E-state index contributed by atoms with van der Waals surface area (Å²) < 4.78 is 5.15. The van der Waals surface area contributed by atoms with E-state index in [0.29, 0.717) is 0 Å². The SMILES string of the molecule is C/C=C/[C@@H](OC(C)=O)c1ccccc1. The summed E-state index contributed by atoms with van der Waals surface area (Å²) in [5.41, 5.74) is 0.987. The minimum absolute atomic E-state index is 0.265. The minimum Gasteiger partial charge on any atom is -0.453 e. The number of esters is 1. The molecular formula is C12H14O2. The molecule has 0 aliphatic carbocycles. The summed E-state index contributed by atoms with van der Waals surface area (Å²) in [5, 5.41) is 0. The van der Waals surface area contributed by atoms with Gasteiger partial charge in [-0.2, -0.15) is 0 Å². The number of hydrogen-bond donors (Lipinski definition) is 0. The monoisotopic (exact) mass is 190 g/mol. The molecule has 1 aromatic carbocycles. The minimum atomic E-state index is -0.267. The number of carbonyl (C=O) groups excluding carboxylic acids is 1. The second kappa shape index (κ2) is 5.22. The Balaban J connectivity index is 2.83. The lowest BCUT2D eigenvalue weighted by atomic mass is 10.1. The van der Waals surface area contributed by atoms with Crippen LogP contribution in [0.1, 0.15) is 25.5 Å². The van der Waals surface area contributed by atoms with Gasteiger partial charge in [0.05, 0.1) is 0 Å². The normalized spacial score (nSPS) is 12.7. The van der Waals surface area contributed by atoms with Crippen molar-refractivity contribution in [2.75, 3.05) is 0 Å². The zero-order valence-corrected chi connectivity index (χ0v) is 8.44. The molecule has 0 aliphatic rings. The van der Waals surface area contributed by atoms with Crippen molar-refractivity contribution >= 4 is 5.97 Å². The maximum absolute atomic E-state index is 10.8. The third-order valence-corrected chi connectivity index (χ3v) is 1.79. The van der Waals surface area contributed by atoms with Crippen LogP contribution in [0.4, 0.5) is 0 Å². The fourth-order valence-electron chi connectivity index (χ4n) is 1.21. The zero-order valence-electron chi connectivity index (χ0n) is 8.44. The van der Waals surface area contributed by atoms with Crippen molar-refractivity contribution in [2.45, 2.75) is 20.0 Å². The van der Waals surface area contributed by atoms with Crippen molar-refractivity contribution in [3.05, 3.63) is 48.0 Å². The van der Waals surface area contributed by atoms with E-state index in [9.17, 15) is 4.79 Å². The number of benzene rings is 1. The Hall–Kier alpha value is -1.57. The first-order valence-corrected chi connectivity index (χ1v) is 4.59. The molecule has 1 aromatic rings. The van der Waals surface area contributed by atoms with Crippen LogP contribution in [0.3, 0.4) is 0 Å². The van der Waals surface area contributed by atoms with Crippen molar-refractivity contribution < 1.29 is 9.53 Å². The molecule has 2 heteroatoms. The van der Waals surface area contributed by atoms with Crippen LogP contribution in [0.25, 0.3) is 0 Å². The highest BCUT2D eigenvalue weighted by Gasteiger charge is 2.09. The van der Waals surface area contributed by atoms with E-state index in [2.05, 4.69) is 0 Å². The third-order valence-electron chi connectivity index (χ3n) is 1.79. The fourth-order valence-corrected chi connectivity index (χ4v) is 1.21. The molecule has 0 bridgehead atoms. The molecule has 0 N–H and O–H groups in total. The Morgan fingerprint density at radius 2 is 2.00 bits per heavy atom. The molecule has 0 unspecified atom stereocenters. The van der Waals surface area contributed by atoms with E-state index < -0.39 is 0 Å². The number of rotatable bonds is 3. The predicted octanol–water partition coefficient (Wildman–Crippen LogP) is 2.87. The van der Waals surface area contributed by atoms with Gasteiger partial charge in [0, 0.05) is 6.92 Å². The molecule has 0 fully saturated rings. The fraction of sp³-hybridized carbons (Fsp3) is 0.250. The lowest BCUT2D eigenvalue weighted by molar-refractivity contribution is -0.144.